The molecule has 0 spiro atoms. The number of benzene rings is 3. The molecule has 0 bridgehead atoms. The van der Waals surface area contributed by atoms with Gasteiger partial charge in [-0.3, -0.25) is 9.59 Å². The third kappa shape index (κ3) is 4.77. The second-order valence-electron chi connectivity index (χ2n) is 7.52. The Labute approximate surface area is 182 Å². The molecule has 1 saturated heterocycles. The number of carbonyl (C=O) groups is 2. The molecule has 4 rings (SSSR count). The van der Waals surface area contributed by atoms with E-state index in [-0.39, 0.29) is 17.9 Å². The molecule has 1 unspecified atom stereocenters. The highest BCUT2D eigenvalue weighted by Gasteiger charge is 2.23. The van der Waals surface area contributed by atoms with E-state index in [1.807, 2.05) is 73.7 Å². The fraction of sp³-hybridized carbons (Fsp3) is 0.231. The first-order valence-electron chi connectivity index (χ1n) is 10.6. The van der Waals surface area contributed by atoms with Crippen LogP contribution < -0.4 is 15.0 Å². The lowest BCUT2D eigenvalue weighted by Gasteiger charge is -2.21. The van der Waals surface area contributed by atoms with Gasteiger partial charge in [0.05, 0.1) is 12.6 Å². The second kappa shape index (κ2) is 9.47. The molecule has 3 aromatic rings. The van der Waals surface area contributed by atoms with E-state index in [1.165, 1.54) is 0 Å². The Kier molecular flexibility index (Phi) is 6.32. The van der Waals surface area contributed by atoms with Crippen LogP contribution >= 0.6 is 0 Å². The minimum absolute atomic E-state index is 0.106. The van der Waals surface area contributed by atoms with Crippen LogP contribution in [0.3, 0.4) is 0 Å². The number of carbonyl (C=O) groups excluding carboxylic acids is 2. The Morgan fingerprint density at radius 1 is 1.00 bits per heavy atom. The van der Waals surface area contributed by atoms with Crippen molar-refractivity contribution in [3.63, 3.8) is 0 Å². The first-order chi connectivity index (χ1) is 15.2. The zero-order valence-electron chi connectivity index (χ0n) is 17.6. The number of amides is 2. The van der Waals surface area contributed by atoms with E-state index in [0.29, 0.717) is 25.1 Å². The zero-order valence-corrected chi connectivity index (χ0v) is 17.6. The van der Waals surface area contributed by atoms with E-state index in [0.717, 1.165) is 29.0 Å². The van der Waals surface area contributed by atoms with Crippen molar-refractivity contribution in [1.82, 2.24) is 5.32 Å². The van der Waals surface area contributed by atoms with E-state index in [1.54, 1.807) is 17.0 Å². The van der Waals surface area contributed by atoms with Gasteiger partial charge in [-0.1, -0.05) is 48.5 Å². The van der Waals surface area contributed by atoms with Crippen molar-refractivity contribution in [3.05, 3.63) is 95.6 Å². The Bertz CT molecular complexity index is 1050. The minimum Gasteiger partial charge on any atom is -0.494 e. The van der Waals surface area contributed by atoms with Crippen molar-refractivity contribution < 1.29 is 14.3 Å². The number of anilines is 1. The molecule has 1 fully saturated rings. The topological polar surface area (TPSA) is 58.6 Å². The maximum Gasteiger partial charge on any atom is 0.252 e. The smallest absolute Gasteiger partial charge is 0.252 e. The average molecular weight is 415 g/mol. The number of nitrogens with zero attached hydrogens (tertiary/aromatic N) is 1. The van der Waals surface area contributed by atoms with Gasteiger partial charge in [0.25, 0.3) is 5.91 Å². The Morgan fingerprint density at radius 2 is 1.74 bits per heavy atom. The average Bonchev–Trinajstić information content (AvgIpc) is 3.25. The molecule has 3 aromatic carbocycles. The van der Waals surface area contributed by atoms with Crippen LogP contribution in [0.15, 0.2) is 78.9 Å². The van der Waals surface area contributed by atoms with Crippen LogP contribution in [-0.2, 0) is 4.79 Å². The maximum absolute atomic E-state index is 13.2. The van der Waals surface area contributed by atoms with Crippen molar-refractivity contribution in [2.75, 3.05) is 18.1 Å². The predicted molar refractivity (Wildman–Crippen MR) is 121 cm³/mol. The zero-order chi connectivity index (χ0) is 21.6. The number of ether oxygens (including phenoxy) is 1. The molecule has 1 atom stereocenters. The molecule has 1 N–H and O–H groups in total. The molecule has 5 nitrogen and oxygen atoms in total. The number of hydrogen-bond donors (Lipinski definition) is 1. The molecule has 0 saturated carbocycles. The van der Waals surface area contributed by atoms with Gasteiger partial charge in [-0.05, 0) is 54.8 Å². The van der Waals surface area contributed by atoms with Crippen molar-refractivity contribution >= 4 is 17.5 Å². The summed E-state index contributed by atoms with van der Waals surface area (Å²) in [5.74, 6) is 0.720. The summed E-state index contributed by atoms with van der Waals surface area (Å²) in [6.07, 6.45) is 1.41. The first-order valence-corrected chi connectivity index (χ1v) is 10.6. The molecule has 2 amide bonds. The summed E-state index contributed by atoms with van der Waals surface area (Å²) in [5, 5.41) is 3.16. The largest absolute Gasteiger partial charge is 0.494 e. The van der Waals surface area contributed by atoms with Gasteiger partial charge in [0.2, 0.25) is 5.91 Å². The molecular formula is C26H26N2O3. The maximum atomic E-state index is 13.2. The molecule has 31 heavy (non-hydrogen) atoms. The van der Waals surface area contributed by atoms with Gasteiger partial charge in [-0.2, -0.15) is 0 Å². The Morgan fingerprint density at radius 3 is 2.42 bits per heavy atom. The molecule has 0 aliphatic carbocycles. The SMILES string of the molecule is CCOc1ccc(C(NC(=O)c2cccc(N3CCCC3=O)c2)c2ccccc2)cc1. The summed E-state index contributed by atoms with van der Waals surface area (Å²) in [6.45, 7) is 3.25. The molecule has 158 valence electrons. The standard InChI is InChI=1S/C26H26N2O3/c1-2-31-23-15-13-20(14-16-23)25(19-8-4-3-5-9-19)27-26(30)21-10-6-11-22(18-21)28-17-7-12-24(28)29/h3-6,8-11,13-16,18,25H,2,7,12,17H2,1H3,(H,27,30). The van der Waals surface area contributed by atoms with Crippen LogP contribution in [0.5, 0.6) is 5.75 Å². The Balaban J connectivity index is 1.60. The molecule has 1 heterocycles. The highest BCUT2D eigenvalue weighted by atomic mass is 16.5. The van der Waals surface area contributed by atoms with Crippen molar-refractivity contribution in [1.29, 1.82) is 0 Å². The third-order valence-corrected chi connectivity index (χ3v) is 5.43. The van der Waals surface area contributed by atoms with E-state index >= 15 is 0 Å². The van der Waals surface area contributed by atoms with Gasteiger partial charge in [-0.15, -0.1) is 0 Å². The number of hydrogen-bond acceptors (Lipinski definition) is 3. The van der Waals surface area contributed by atoms with Crippen molar-refractivity contribution in [2.24, 2.45) is 0 Å². The van der Waals surface area contributed by atoms with E-state index < -0.39 is 0 Å². The van der Waals surface area contributed by atoms with Crippen LogP contribution in [0.25, 0.3) is 0 Å². The fourth-order valence-corrected chi connectivity index (χ4v) is 3.88. The lowest BCUT2D eigenvalue weighted by atomic mass is 9.98. The normalized spacial score (nSPS) is 14.4. The fourth-order valence-electron chi connectivity index (χ4n) is 3.88. The van der Waals surface area contributed by atoms with Gasteiger partial charge in [0.15, 0.2) is 0 Å². The molecule has 1 aliphatic rings. The first kappa shape index (κ1) is 20.7. The van der Waals surface area contributed by atoms with Crippen molar-refractivity contribution in [2.45, 2.75) is 25.8 Å². The van der Waals surface area contributed by atoms with Gasteiger partial charge in [0.1, 0.15) is 5.75 Å². The van der Waals surface area contributed by atoms with Crippen LogP contribution in [0, 0.1) is 0 Å². The van der Waals surface area contributed by atoms with E-state index in [2.05, 4.69) is 5.32 Å². The summed E-state index contributed by atoms with van der Waals surface area (Å²) in [7, 11) is 0. The van der Waals surface area contributed by atoms with Gasteiger partial charge < -0.3 is 15.0 Å². The van der Waals surface area contributed by atoms with Gasteiger partial charge in [-0.25, -0.2) is 0 Å². The number of nitrogens with one attached hydrogen (secondary N) is 1. The second-order valence-corrected chi connectivity index (χ2v) is 7.52. The minimum atomic E-state index is -0.304. The molecular weight excluding hydrogens is 388 g/mol. The molecule has 0 aromatic heterocycles. The van der Waals surface area contributed by atoms with Crippen LogP contribution in [0.2, 0.25) is 0 Å². The highest BCUT2D eigenvalue weighted by molar-refractivity contribution is 5.99. The van der Waals surface area contributed by atoms with E-state index in [4.69, 9.17) is 4.74 Å². The van der Waals surface area contributed by atoms with Crippen LogP contribution in [0.4, 0.5) is 5.69 Å². The molecule has 5 heteroatoms. The summed E-state index contributed by atoms with van der Waals surface area (Å²) in [6, 6.07) is 24.6. The lowest BCUT2D eigenvalue weighted by molar-refractivity contribution is -0.117. The van der Waals surface area contributed by atoms with Crippen LogP contribution in [-0.4, -0.2) is 25.0 Å². The quantitative estimate of drug-likeness (QED) is 0.608. The highest BCUT2D eigenvalue weighted by Crippen LogP contribution is 2.26. The molecule has 0 radical (unpaired) electrons. The lowest BCUT2D eigenvalue weighted by Crippen LogP contribution is -2.30. The summed E-state index contributed by atoms with van der Waals surface area (Å²) in [4.78, 5) is 27.0. The summed E-state index contributed by atoms with van der Waals surface area (Å²) >= 11 is 0. The monoisotopic (exact) mass is 414 g/mol. The molecule has 1 aliphatic heterocycles. The van der Waals surface area contributed by atoms with Crippen molar-refractivity contribution in [3.8, 4) is 5.75 Å². The summed E-state index contributed by atoms with van der Waals surface area (Å²) in [5.41, 5.74) is 3.26. The van der Waals surface area contributed by atoms with Crippen LogP contribution in [0.1, 0.15) is 47.3 Å². The summed E-state index contributed by atoms with van der Waals surface area (Å²) < 4.78 is 5.55. The van der Waals surface area contributed by atoms with Gasteiger partial charge in [0, 0.05) is 24.2 Å². The predicted octanol–water partition coefficient (Wildman–Crippen LogP) is 4.73. The Hall–Kier alpha value is -3.60. The third-order valence-electron chi connectivity index (χ3n) is 5.43. The van der Waals surface area contributed by atoms with E-state index in [9.17, 15) is 9.59 Å². The number of rotatable bonds is 7. The van der Waals surface area contributed by atoms with Gasteiger partial charge >= 0.3 is 0 Å².